The van der Waals surface area contributed by atoms with E-state index in [1.165, 1.54) is 0 Å². The van der Waals surface area contributed by atoms with E-state index >= 15 is 0 Å². The highest BCUT2D eigenvalue weighted by atomic mass is 16.5. The van der Waals surface area contributed by atoms with E-state index < -0.39 is 5.97 Å². The molecule has 2 aromatic carbocycles. The highest BCUT2D eigenvalue weighted by Gasteiger charge is 2.21. The number of aromatic amines is 2. The Hall–Kier alpha value is -4.01. The fraction of sp³-hybridized carbons (Fsp3) is 0.292. The first-order valence-corrected chi connectivity index (χ1v) is 11.0. The number of aromatic nitrogens is 5. The van der Waals surface area contributed by atoms with Gasteiger partial charge in [-0.3, -0.25) is 9.59 Å². The van der Waals surface area contributed by atoms with Crippen molar-refractivity contribution in [2.75, 3.05) is 0 Å². The quantitative estimate of drug-likeness (QED) is 0.395. The summed E-state index contributed by atoms with van der Waals surface area (Å²) in [6.07, 6.45) is 4.90. The Kier molecular flexibility index (Phi) is 5.60. The molecule has 0 aliphatic heterocycles. The summed E-state index contributed by atoms with van der Waals surface area (Å²) in [5.41, 5.74) is 3.57. The van der Waals surface area contributed by atoms with Crippen LogP contribution < -0.4 is 10.3 Å². The molecule has 1 aliphatic rings. The van der Waals surface area contributed by atoms with E-state index in [2.05, 4.69) is 25.4 Å². The molecule has 2 heterocycles. The average molecular weight is 445 g/mol. The molecule has 0 atom stereocenters. The third-order valence-electron chi connectivity index (χ3n) is 5.91. The normalized spacial score (nSPS) is 14.1. The number of rotatable bonds is 7. The Morgan fingerprint density at radius 3 is 2.73 bits per heavy atom. The second-order valence-electron chi connectivity index (χ2n) is 8.24. The van der Waals surface area contributed by atoms with Crippen LogP contribution >= 0.6 is 0 Å². The zero-order valence-electron chi connectivity index (χ0n) is 17.9. The lowest BCUT2D eigenvalue weighted by Crippen LogP contribution is -2.13. The summed E-state index contributed by atoms with van der Waals surface area (Å²) >= 11 is 0. The first kappa shape index (κ1) is 20.9. The summed E-state index contributed by atoms with van der Waals surface area (Å²) in [5, 5.41) is 19.2. The summed E-state index contributed by atoms with van der Waals surface area (Å²) in [5.74, 6) is 0.195. The molecule has 33 heavy (non-hydrogen) atoms. The first-order valence-electron chi connectivity index (χ1n) is 11.0. The number of hydrogen-bond donors (Lipinski definition) is 3. The number of fused-ring (bicyclic) bond motifs is 1. The number of ether oxygens (including phenoxy) is 1. The minimum atomic E-state index is -0.817. The van der Waals surface area contributed by atoms with Gasteiger partial charge in [0.25, 0.3) is 5.56 Å². The number of H-pyrrole nitrogens is 2. The van der Waals surface area contributed by atoms with Crippen LogP contribution in [0.1, 0.15) is 37.7 Å². The van der Waals surface area contributed by atoms with Gasteiger partial charge in [-0.05, 0) is 60.9 Å². The van der Waals surface area contributed by atoms with Crippen LogP contribution in [0.15, 0.2) is 47.3 Å². The summed E-state index contributed by atoms with van der Waals surface area (Å²) in [6, 6.07) is 13.6. The van der Waals surface area contributed by atoms with Crippen molar-refractivity contribution in [1.29, 1.82) is 0 Å². The number of nitrogens with zero attached hydrogens (tertiary/aromatic N) is 3. The molecule has 0 spiro atoms. The molecule has 168 valence electrons. The molecule has 0 saturated heterocycles. The molecule has 0 bridgehead atoms. The first-order chi connectivity index (χ1) is 16.1. The highest BCUT2D eigenvalue weighted by molar-refractivity contribution is 5.76. The van der Waals surface area contributed by atoms with Crippen LogP contribution in [0.4, 0.5) is 0 Å². The molecule has 5 rings (SSSR count). The van der Waals surface area contributed by atoms with E-state index in [0.29, 0.717) is 23.6 Å². The molecule has 4 aromatic rings. The number of carbonyl (C=O) groups is 1. The number of nitrogens with one attached hydrogen (secondary N) is 2. The van der Waals surface area contributed by atoms with E-state index in [0.717, 1.165) is 42.4 Å². The Bertz CT molecular complexity index is 1370. The Balaban J connectivity index is 1.55. The van der Waals surface area contributed by atoms with Crippen molar-refractivity contribution in [2.24, 2.45) is 0 Å². The molecule has 1 saturated carbocycles. The maximum Gasteiger partial charge on any atom is 0.303 e. The smallest absolute Gasteiger partial charge is 0.303 e. The fourth-order valence-electron chi connectivity index (χ4n) is 4.22. The lowest BCUT2D eigenvalue weighted by molar-refractivity contribution is -0.136. The molecule has 0 amide bonds. The minimum Gasteiger partial charge on any atom is -0.490 e. The minimum absolute atomic E-state index is 0.0853. The van der Waals surface area contributed by atoms with Gasteiger partial charge in [0, 0.05) is 6.42 Å². The van der Waals surface area contributed by atoms with Crippen LogP contribution in [0.3, 0.4) is 0 Å². The lowest BCUT2D eigenvalue weighted by atomic mass is 9.99. The Morgan fingerprint density at radius 1 is 1.09 bits per heavy atom. The topological polar surface area (TPSA) is 134 Å². The highest BCUT2D eigenvalue weighted by Crippen LogP contribution is 2.35. The van der Waals surface area contributed by atoms with Crippen LogP contribution in [0.25, 0.3) is 33.7 Å². The third-order valence-corrected chi connectivity index (χ3v) is 5.91. The Labute approximate surface area is 188 Å². The van der Waals surface area contributed by atoms with E-state index in [-0.39, 0.29) is 29.2 Å². The largest absolute Gasteiger partial charge is 0.490 e. The van der Waals surface area contributed by atoms with Crippen molar-refractivity contribution in [2.45, 2.75) is 44.6 Å². The van der Waals surface area contributed by atoms with Gasteiger partial charge >= 0.3 is 5.97 Å². The monoisotopic (exact) mass is 445 g/mol. The maximum absolute atomic E-state index is 12.4. The summed E-state index contributed by atoms with van der Waals surface area (Å²) in [4.78, 5) is 30.6. The molecule has 1 fully saturated rings. The number of carboxylic acid groups (broad SMARTS) is 1. The van der Waals surface area contributed by atoms with E-state index in [1.54, 1.807) is 0 Å². The van der Waals surface area contributed by atoms with Gasteiger partial charge in [-0.15, -0.1) is 10.2 Å². The number of aryl methyl sites for hydroxylation is 1. The average Bonchev–Trinajstić information content (AvgIpc) is 3.50. The van der Waals surface area contributed by atoms with E-state index in [1.807, 2.05) is 42.5 Å². The predicted molar refractivity (Wildman–Crippen MR) is 122 cm³/mol. The van der Waals surface area contributed by atoms with Crippen molar-refractivity contribution in [3.8, 4) is 28.3 Å². The van der Waals surface area contributed by atoms with Crippen LogP contribution in [-0.4, -0.2) is 42.6 Å². The van der Waals surface area contributed by atoms with Gasteiger partial charge in [-0.2, -0.15) is 5.21 Å². The zero-order chi connectivity index (χ0) is 22.8. The summed E-state index contributed by atoms with van der Waals surface area (Å²) in [7, 11) is 0. The molecule has 0 unspecified atom stereocenters. The maximum atomic E-state index is 12.4. The number of aliphatic carboxylic acids is 1. The SMILES string of the molecule is O=C(O)CCc1cccc(-c2ccc(-c3nc4n[nH]nc4c(=O)[nH]3)c(OC3CCCC3)c2)c1. The number of carboxylic acids is 1. The van der Waals surface area contributed by atoms with Gasteiger partial charge < -0.3 is 14.8 Å². The van der Waals surface area contributed by atoms with Gasteiger partial charge in [0.15, 0.2) is 5.52 Å². The summed E-state index contributed by atoms with van der Waals surface area (Å²) in [6.45, 7) is 0. The van der Waals surface area contributed by atoms with Crippen LogP contribution in [0.5, 0.6) is 5.75 Å². The number of benzene rings is 2. The third kappa shape index (κ3) is 4.48. The zero-order valence-corrected chi connectivity index (χ0v) is 17.9. The molecular weight excluding hydrogens is 422 g/mol. The van der Waals surface area contributed by atoms with Gasteiger partial charge in [-0.1, -0.05) is 30.3 Å². The van der Waals surface area contributed by atoms with Gasteiger partial charge in [-0.25, -0.2) is 4.98 Å². The molecule has 0 radical (unpaired) electrons. The predicted octanol–water partition coefficient (Wildman–Crippen LogP) is 3.71. The van der Waals surface area contributed by atoms with Crippen molar-refractivity contribution in [3.05, 3.63) is 58.4 Å². The van der Waals surface area contributed by atoms with Crippen LogP contribution in [0.2, 0.25) is 0 Å². The molecule has 9 heteroatoms. The van der Waals surface area contributed by atoms with Crippen molar-refractivity contribution >= 4 is 17.1 Å². The second kappa shape index (κ2) is 8.85. The van der Waals surface area contributed by atoms with E-state index in [9.17, 15) is 9.59 Å². The fourth-order valence-corrected chi connectivity index (χ4v) is 4.22. The van der Waals surface area contributed by atoms with Gasteiger partial charge in [0.2, 0.25) is 5.65 Å². The Morgan fingerprint density at radius 2 is 1.91 bits per heavy atom. The van der Waals surface area contributed by atoms with E-state index in [4.69, 9.17) is 9.84 Å². The molecule has 3 N–H and O–H groups in total. The van der Waals surface area contributed by atoms with Crippen molar-refractivity contribution in [1.82, 2.24) is 25.4 Å². The standard InChI is InChI=1S/C24H23N5O4/c30-20(31)11-8-14-4-3-5-15(12-14)16-9-10-18(19(13-16)33-17-6-1-2-7-17)22-25-23-21(24(32)26-22)27-29-28-23/h3-5,9-10,12-13,17H,1-2,6-8,11H2,(H,30,31)(H2,25,26,27,28,29,32). The molecule has 9 nitrogen and oxygen atoms in total. The van der Waals surface area contributed by atoms with Crippen LogP contribution in [-0.2, 0) is 11.2 Å². The number of hydrogen-bond acceptors (Lipinski definition) is 6. The van der Waals surface area contributed by atoms with Crippen molar-refractivity contribution < 1.29 is 14.6 Å². The lowest BCUT2D eigenvalue weighted by Gasteiger charge is -2.17. The molecular formula is C24H23N5O4. The van der Waals surface area contributed by atoms with Crippen molar-refractivity contribution in [3.63, 3.8) is 0 Å². The van der Waals surface area contributed by atoms with Gasteiger partial charge in [0.05, 0.1) is 11.7 Å². The molecule has 2 aromatic heterocycles. The van der Waals surface area contributed by atoms with Gasteiger partial charge in [0.1, 0.15) is 11.6 Å². The second-order valence-corrected chi connectivity index (χ2v) is 8.24. The van der Waals surface area contributed by atoms with Crippen LogP contribution in [0, 0.1) is 0 Å². The molecule has 1 aliphatic carbocycles. The summed E-state index contributed by atoms with van der Waals surface area (Å²) < 4.78 is 6.38.